The Kier molecular flexibility index (Phi) is 7.99. The normalized spacial score (nSPS) is 20.3. The van der Waals surface area contributed by atoms with Crippen molar-refractivity contribution in [3.63, 3.8) is 0 Å². The first-order valence-corrected chi connectivity index (χ1v) is 13.3. The van der Waals surface area contributed by atoms with Gasteiger partial charge in [-0.05, 0) is 77.5 Å². The highest BCUT2D eigenvalue weighted by Gasteiger charge is 2.49. The standard InChI is InChI=1S/C26H36N2O6S/c1-7-8-9-20-16-22(23(24(29)33-6)28(20)25(30)34-26(3,4)5)27(17-19-12-13-19)35(31,32)21-14-10-18(2)11-15-21/h7,10-11,14-16,19-20,23H,1,8-9,12-13,17H2,2-6H3/t20-,23-/m1/s1. The summed E-state index contributed by atoms with van der Waals surface area (Å²) < 4.78 is 39.7. The number of benzene rings is 1. The number of carbonyl (C=O) groups excluding carboxylic acids is 2. The monoisotopic (exact) mass is 504 g/mol. The molecule has 35 heavy (non-hydrogen) atoms. The van der Waals surface area contributed by atoms with Crippen LogP contribution in [0.2, 0.25) is 0 Å². The fraction of sp³-hybridized carbons (Fsp3) is 0.538. The minimum atomic E-state index is -4.00. The molecule has 1 saturated carbocycles. The molecule has 1 heterocycles. The summed E-state index contributed by atoms with van der Waals surface area (Å²) in [6.07, 6.45) is 5.56. The molecule has 0 radical (unpaired) electrons. The molecule has 1 aliphatic heterocycles. The highest BCUT2D eigenvalue weighted by Crippen LogP contribution is 2.38. The maximum absolute atomic E-state index is 13.9. The number of sulfonamides is 1. The Hall–Kier alpha value is -2.81. The van der Waals surface area contributed by atoms with E-state index in [1.54, 1.807) is 57.2 Å². The van der Waals surface area contributed by atoms with Crippen LogP contribution in [0, 0.1) is 12.8 Å². The molecule has 2 atom stereocenters. The largest absolute Gasteiger partial charge is 0.467 e. The van der Waals surface area contributed by atoms with Crippen LogP contribution >= 0.6 is 0 Å². The number of amides is 1. The molecule has 1 fully saturated rings. The summed E-state index contributed by atoms with van der Waals surface area (Å²) in [6.45, 7) is 11.1. The number of aryl methyl sites for hydroxylation is 1. The van der Waals surface area contributed by atoms with E-state index in [0.717, 1.165) is 18.4 Å². The highest BCUT2D eigenvalue weighted by molar-refractivity contribution is 7.89. The summed E-state index contributed by atoms with van der Waals surface area (Å²) in [5, 5.41) is 0. The molecule has 192 valence electrons. The third-order valence-corrected chi connectivity index (χ3v) is 7.80. The van der Waals surface area contributed by atoms with E-state index in [2.05, 4.69) is 6.58 Å². The predicted molar refractivity (Wildman–Crippen MR) is 133 cm³/mol. The number of nitrogens with zero attached hydrogens (tertiary/aromatic N) is 2. The summed E-state index contributed by atoms with van der Waals surface area (Å²) in [5.41, 5.74) is 0.362. The fourth-order valence-corrected chi connectivity index (χ4v) is 5.63. The Labute approximate surface area is 208 Å². The van der Waals surface area contributed by atoms with Crippen LogP contribution in [0.3, 0.4) is 0 Å². The van der Waals surface area contributed by atoms with Gasteiger partial charge in [0, 0.05) is 6.54 Å². The van der Waals surface area contributed by atoms with Gasteiger partial charge in [-0.15, -0.1) is 6.58 Å². The summed E-state index contributed by atoms with van der Waals surface area (Å²) in [7, 11) is -2.77. The molecular weight excluding hydrogens is 468 g/mol. The van der Waals surface area contributed by atoms with Gasteiger partial charge in [0.25, 0.3) is 10.0 Å². The van der Waals surface area contributed by atoms with Crippen molar-refractivity contribution in [2.75, 3.05) is 13.7 Å². The SMILES string of the molecule is C=CCC[C@@H]1C=C(N(CC2CC2)S(=O)(=O)c2ccc(C)cc2)[C@H](C(=O)OC)N1C(=O)OC(C)(C)C. The van der Waals surface area contributed by atoms with Crippen LogP contribution < -0.4 is 0 Å². The van der Waals surface area contributed by atoms with E-state index >= 15 is 0 Å². The Bertz CT molecular complexity index is 1080. The van der Waals surface area contributed by atoms with Crippen LogP contribution in [-0.4, -0.2) is 61.0 Å². The third-order valence-electron chi connectivity index (χ3n) is 5.99. The van der Waals surface area contributed by atoms with Gasteiger partial charge in [-0.3, -0.25) is 9.21 Å². The van der Waals surface area contributed by atoms with Gasteiger partial charge in [-0.25, -0.2) is 18.0 Å². The number of hydrogen-bond acceptors (Lipinski definition) is 6. The molecule has 0 unspecified atom stereocenters. The van der Waals surface area contributed by atoms with E-state index in [-0.39, 0.29) is 23.1 Å². The Balaban J connectivity index is 2.11. The first-order chi connectivity index (χ1) is 16.4. The summed E-state index contributed by atoms with van der Waals surface area (Å²) in [5.74, 6) is -0.528. The van der Waals surface area contributed by atoms with E-state index < -0.39 is 39.8 Å². The first-order valence-electron chi connectivity index (χ1n) is 11.9. The van der Waals surface area contributed by atoms with E-state index in [4.69, 9.17) is 9.47 Å². The average Bonchev–Trinajstić information content (AvgIpc) is 3.52. The van der Waals surface area contributed by atoms with Crippen molar-refractivity contribution in [1.29, 1.82) is 0 Å². The van der Waals surface area contributed by atoms with Crippen molar-refractivity contribution in [3.05, 3.63) is 54.3 Å². The smallest absolute Gasteiger partial charge is 0.411 e. The van der Waals surface area contributed by atoms with Gasteiger partial charge in [-0.1, -0.05) is 23.8 Å². The van der Waals surface area contributed by atoms with Gasteiger partial charge in [-0.2, -0.15) is 0 Å². The second kappa shape index (κ2) is 10.4. The van der Waals surface area contributed by atoms with Crippen LogP contribution in [0.1, 0.15) is 52.0 Å². The maximum Gasteiger partial charge on any atom is 0.411 e. The molecule has 0 N–H and O–H groups in total. The van der Waals surface area contributed by atoms with E-state index in [9.17, 15) is 18.0 Å². The lowest BCUT2D eigenvalue weighted by Crippen LogP contribution is -2.51. The van der Waals surface area contributed by atoms with Crippen molar-refractivity contribution in [2.45, 2.75) is 76.0 Å². The molecule has 0 aromatic heterocycles. The molecule has 1 aliphatic carbocycles. The van der Waals surface area contributed by atoms with Crippen LogP contribution in [0.25, 0.3) is 0 Å². The van der Waals surface area contributed by atoms with Gasteiger partial charge >= 0.3 is 12.1 Å². The molecule has 1 aromatic rings. The number of allylic oxidation sites excluding steroid dienone is 1. The Morgan fingerprint density at radius 3 is 2.34 bits per heavy atom. The number of carbonyl (C=O) groups is 2. The Morgan fingerprint density at radius 2 is 1.83 bits per heavy atom. The zero-order valence-corrected chi connectivity index (χ0v) is 22.0. The lowest BCUT2D eigenvalue weighted by molar-refractivity contribution is -0.145. The van der Waals surface area contributed by atoms with Gasteiger partial charge < -0.3 is 9.47 Å². The zero-order valence-electron chi connectivity index (χ0n) is 21.2. The number of methoxy groups -OCH3 is 1. The quantitative estimate of drug-likeness (QED) is 0.365. The first kappa shape index (κ1) is 26.8. The number of rotatable bonds is 9. The molecule has 0 spiro atoms. The van der Waals surface area contributed by atoms with Crippen LogP contribution in [0.5, 0.6) is 0 Å². The van der Waals surface area contributed by atoms with Crippen molar-refractivity contribution in [2.24, 2.45) is 5.92 Å². The van der Waals surface area contributed by atoms with Crippen molar-refractivity contribution in [1.82, 2.24) is 9.21 Å². The lowest BCUT2D eigenvalue weighted by atomic mass is 10.1. The molecule has 8 nitrogen and oxygen atoms in total. The van der Waals surface area contributed by atoms with Gasteiger partial charge in [0.1, 0.15) is 5.60 Å². The molecule has 1 amide bonds. The number of ether oxygens (including phenoxy) is 2. The lowest BCUT2D eigenvalue weighted by Gasteiger charge is -2.34. The Morgan fingerprint density at radius 1 is 1.20 bits per heavy atom. The van der Waals surface area contributed by atoms with Gasteiger partial charge in [0.2, 0.25) is 0 Å². The minimum absolute atomic E-state index is 0.131. The second-order valence-corrected chi connectivity index (χ2v) is 12.0. The molecule has 0 saturated heterocycles. The minimum Gasteiger partial charge on any atom is -0.467 e. The number of hydrogen-bond donors (Lipinski definition) is 0. The second-order valence-electron chi connectivity index (χ2n) is 10.1. The molecule has 1 aromatic carbocycles. The van der Waals surface area contributed by atoms with Crippen LogP contribution in [0.4, 0.5) is 4.79 Å². The van der Waals surface area contributed by atoms with E-state index in [0.29, 0.717) is 12.8 Å². The van der Waals surface area contributed by atoms with Crippen molar-refractivity contribution in [3.8, 4) is 0 Å². The summed E-state index contributed by atoms with van der Waals surface area (Å²) >= 11 is 0. The molecule has 2 aliphatic rings. The average molecular weight is 505 g/mol. The highest BCUT2D eigenvalue weighted by atomic mass is 32.2. The fourth-order valence-electron chi connectivity index (χ4n) is 4.05. The summed E-state index contributed by atoms with van der Waals surface area (Å²) in [4.78, 5) is 27.8. The molecule has 3 rings (SSSR count). The summed E-state index contributed by atoms with van der Waals surface area (Å²) in [6, 6.07) is 4.80. The molecular formula is C26H36N2O6S. The van der Waals surface area contributed by atoms with Gasteiger partial charge in [0.05, 0.1) is 23.7 Å². The van der Waals surface area contributed by atoms with Crippen LogP contribution in [-0.2, 0) is 24.3 Å². The predicted octanol–water partition coefficient (Wildman–Crippen LogP) is 4.41. The third kappa shape index (κ3) is 6.25. The van der Waals surface area contributed by atoms with Gasteiger partial charge in [0.15, 0.2) is 6.04 Å². The van der Waals surface area contributed by atoms with Crippen molar-refractivity contribution >= 4 is 22.1 Å². The van der Waals surface area contributed by atoms with E-state index in [1.807, 2.05) is 6.92 Å². The van der Waals surface area contributed by atoms with Crippen molar-refractivity contribution < 1.29 is 27.5 Å². The zero-order chi connectivity index (χ0) is 26.0. The topological polar surface area (TPSA) is 93.2 Å². The van der Waals surface area contributed by atoms with Crippen LogP contribution in [0.15, 0.2) is 53.6 Å². The maximum atomic E-state index is 13.9. The molecule has 9 heteroatoms. The molecule has 0 bridgehead atoms. The van der Waals surface area contributed by atoms with E-state index in [1.165, 1.54) is 16.3 Å². The number of esters is 1.